The Balaban J connectivity index is 1.67. The first-order valence-electron chi connectivity index (χ1n) is 8.22. The second kappa shape index (κ2) is 7.18. The summed E-state index contributed by atoms with van der Waals surface area (Å²) in [5.41, 5.74) is 0.157. The predicted molar refractivity (Wildman–Crippen MR) is 90.9 cm³/mol. The Morgan fingerprint density at radius 2 is 2.28 bits per heavy atom. The van der Waals surface area contributed by atoms with Crippen LogP contribution in [0, 0.1) is 0 Å². The number of hydrogen-bond acceptors (Lipinski definition) is 4. The molecule has 0 radical (unpaired) electrons. The maximum absolute atomic E-state index is 14.0. The number of carbonyl (C=O) groups is 1. The highest BCUT2D eigenvalue weighted by Crippen LogP contribution is 2.23. The molecule has 134 valence electrons. The molecule has 1 N–H and O–H groups in total. The van der Waals surface area contributed by atoms with E-state index in [4.69, 9.17) is 0 Å². The molecule has 1 aliphatic rings. The molecule has 2 atom stereocenters. The zero-order chi connectivity index (χ0) is 18.0. The highest BCUT2D eigenvalue weighted by molar-refractivity contribution is 5.93. The van der Waals surface area contributed by atoms with Crippen molar-refractivity contribution in [2.75, 3.05) is 20.1 Å². The number of aromatic nitrogens is 3. The van der Waals surface area contributed by atoms with Crippen molar-refractivity contribution in [1.82, 2.24) is 24.3 Å². The number of alkyl halides is 1. The first-order chi connectivity index (χ1) is 11.9. The summed E-state index contributed by atoms with van der Waals surface area (Å²) >= 11 is 0. The number of imidazole rings is 1. The minimum Gasteiger partial charge on any atom is -0.340 e. The molecule has 1 aliphatic heterocycles. The molecule has 3 heterocycles. The molecule has 0 aliphatic carbocycles. The number of pyridine rings is 1. The number of nitrogens with one attached hydrogen (secondary N) is 1. The summed E-state index contributed by atoms with van der Waals surface area (Å²) in [5, 5.41) is 0. The molecule has 0 spiro atoms. The fourth-order valence-corrected chi connectivity index (χ4v) is 3.20. The SMILES string of the molecule is CN(C[C@@H]1C[C@H](F)CN1Cc1nccn1C)C(=O)c1ccc(=O)[nH]c1. The minimum atomic E-state index is -0.901. The Bertz CT molecular complexity index is 782. The van der Waals surface area contributed by atoms with E-state index in [1.54, 1.807) is 18.1 Å². The first-order valence-corrected chi connectivity index (χ1v) is 8.22. The lowest BCUT2D eigenvalue weighted by Crippen LogP contribution is -2.41. The van der Waals surface area contributed by atoms with E-state index >= 15 is 0 Å². The lowest BCUT2D eigenvalue weighted by molar-refractivity contribution is 0.0748. The molecular formula is C17H22FN5O2. The van der Waals surface area contributed by atoms with Crippen molar-refractivity contribution in [3.8, 4) is 0 Å². The number of likely N-dealkylation sites (N-methyl/N-ethyl adjacent to an activating group) is 1. The van der Waals surface area contributed by atoms with Gasteiger partial charge in [-0.2, -0.15) is 0 Å². The van der Waals surface area contributed by atoms with Gasteiger partial charge in [-0.3, -0.25) is 14.5 Å². The second-order valence-corrected chi connectivity index (χ2v) is 6.50. The molecule has 1 fully saturated rings. The zero-order valence-electron chi connectivity index (χ0n) is 14.4. The quantitative estimate of drug-likeness (QED) is 0.868. The molecule has 8 heteroatoms. The van der Waals surface area contributed by atoms with Gasteiger partial charge in [0.25, 0.3) is 5.91 Å². The van der Waals surface area contributed by atoms with Crippen molar-refractivity contribution >= 4 is 5.91 Å². The summed E-state index contributed by atoms with van der Waals surface area (Å²) in [6.07, 6.45) is 4.48. The van der Waals surface area contributed by atoms with Crippen LogP contribution in [0.1, 0.15) is 22.6 Å². The number of hydrogen-bond donors (Lipinski definition) is 1. The van der Waals surface area contributed by atoms with Gasteiger partial charge in [0.05, 0.1) is 12.1 Å². The fourth-order valence-electron chi connectivity index (χ4n) is 3.20. The summed E-state index contributed by atoms with van der Waals surface area (Å²) < 4.78 is 15.9. The molecular weight excluding hydrogens is 325 g/mol. The first kappa shape index (κ1) is 17.3. The Labute approximate surface area is 145 Å². The molecule has 7 nitrogen and oxygen atoms in total. The van der Waals surface area contributed by atoms with E-state index in [1.165, 1.54) is 18.3 Å². The van der Waals surface area contributed by atoms with Gasteiger partial charge < -0.3 is 14.5 Å². The van der Waals surface area contributed by atoms with E-state index in [0.29, 0.717) is 31.6 Å². The van der Waals surface area contributed by atoms with E-state index in [0.717, 1.165) is 5.82 Å². The third kappa shape index (κ3) is 3.96. The van der Waals surface area contributed by atoms with Crippen LogP contribution < -0.4 is 5.56 Å². The van der Waals surface area contributed by atoms with Gasteiger partial charge in [0, 0.05) is 57.9 Å². The molecule has 0 saturated carbocycles. The summed E-state index contributed by atoms with van der Waals surface area (Å²) in [5.74, 6) is 0.671. The Kier molecular flexibility index (Phi) is 4.98. The molecule has 0 aromatic carbocycles. The molecule has 3 rings (SSSR count). The molecule has 0 bridgehead atoms. The highest BCUT2D eigenvalue weighted by atomic mass is 19.1. The van der Waals surface area contributed by atoms with Crippen LogP contribution in [0.4, 0.5) is 4.39 Å². The highest BCUT2D eigenvalue weighted by Gasteiger charge is 2.34. The number of aryl methyl sites for hydroxylation is 1. The molecule has 0 unspecified atom stereocenters. The minimum absolute atomic E-state index is 0.0663. The number of halogens is 1. The number of H-pyrrole nitrogens is 1. The number of carbonyl (C=O) groups excluding carboxylic acids is 1. The van der Waals surface area contributed by atoms with Gasteiger partial charge in [0.1, 0.15) is 12.0 Å². The van der Waals surface area contributed by atoms with Gasteiger partial charge in [-0.05, 0) is 12.5 Å². The van der Waals surface area contributed by atoms with Gasteiger partial charge in [-0.1, -0.05) is 0 Å². The largest absolute Gasteiger partial charge is 0.340 e. The maximum atomic E-state index is 14.0. The van der Waals surface area contributed by atoms with Gasteiger partial charge >= 0.3 is 0 Å². The van der Waals surface area contributed by atoms with Crippen LogP contribution >= 0.6 is 0 Å². The van der Waals surface area contributed by atoms with Gasteiger partial charge in [0.15, 0.2) is 0 Å². The molecule has 1 amide bonds. The third-order valence-corrected chi connectivity index (χ3v) is 4.60. The van der Waals surface area contributed by atoms with Crippen LogP contribution in [0.2, 0.25) is 0 Å². The van der Waals surface area contributed by atoms with Crippen molar-refractivity contribution in [2.24, 2.45) is 7.05 Å². The normalized spacial score (nSPS) is 20.8. The standard InChI is InChI=1S/C17H22FN5O2/c1-21-6-5-19-15(21)11-23-9-13(18)7-14(23)10-22(2)17(25)12-3-4-16(24)20-8-12/h3-6,8,13-14H,7,9-11H2,1-2H3,(H,20,24)/t13-,14-/m0/s1. The zero-order valence-corrected chi connectivity index (χ0v) is 14.4. The van der Waals surface area contributed by atoms with Crippen LogP contribution in [0.15, 0.2) is 35.5 Å². The third-order valence-electron chi connectivity index (χ3n) is 4.60. The number of aromatic amines is 1. The fraction of sp³-hybridized carbons (Fsp3) is 0.471. The van der Waals surface area contributed by atoms with E-state index in [-0.39, 0.29) is 17.5 Å². The van der Waals surface area contributed by atoms with E-state index in [9.17, 15) is 14.0 Å². The van der Waals surface area contributed by atoms with Crippen molar-refractivity contribution in [1.29, 1.82) is 0 Å². The molecule has 1 saturated heterocycles. The van der Waals surface area contributed by atoms with Gasteiger partial charge in [0.2, 0.25) is 5.56 Å². The Morgan fingerprint density at radius 3 is 2.92 bits per heavy atom. The second-order valence-electron chi connectivity index (χ2n) is 6.50. The summed E-state index contributed by atoms with van der Waals surface area (Å²) in [6.45, 7) is 1.32. The monoisotopic (exact) mass is 347 g/mol. The van der Waals surface area contributed by atoms with Crippen molar-refractivity contribution < 1.29 is 9.18 Å². The average Bonchev–Trinajstić information content (AvgIpc) is 3.13. The lowest BCUT2D eigenvalue weighted by Gasteiger charge is -2.28. The van der Waals surface area contributed by atoms with Crippen molar-refractivity contribution in [3.05, 3.63) is 52.5 Å². The van der Waals surface area contributed by atoms with Crippen LogP contribution in [0.3, 0.4) is 0 Å². The number of rotatable bonds is 5. The topological polar surface area (TPSA) is 74.2 Å². The number of amides is 1. The van der Waals surface area contributed by atoms with Crippen LogP contribution in [0.25, 0.3) is 0 Å². The molecule has 25 heavy (non-hydrogen) atoms. The smallest absolute Gasteiger partial charge is 0.255 e. The maximum Gasteiger partial charge on any atom is 0.255 e. The summed E-state index contributed by atoms with van der Waals surface area (Å²) in [7, 11) is 3.60. The van der Waals surface area contributed by atoms with E-state index in [2.05, 4.69) is 9.97 Å². The van der Waals surface area contributed by atoms with E-state index in [1.807, 2.05) is 22.7 Å². The Morgan fingerprint density at radius 1 is 1.48 bits per heavy atom. The van der Waals surface area contributed by atoms with Crippen LogP contribution in [-0.4, -0.2) is 62.6 Å². The predicted octanol–water partition coefficient (Wildman–Crippen LogP) is 0.793. The van der Waals surface area contributed by atoms with Crippen molar-refractivity contribution in [2.45, 2.75) is 25.2 Å². The van der Waals surface area contributed by atoms with Gasteiger partial charge in [-0.25, -0.2) is 9.37 Å². The van der Waals surface area contributed by atoms with Crippen molar-refractivity contribution in [3.63, 3.8) is 0 Å². The van der Waals surface area contributed by atoms with Crippen LogP contribution in [-0.2, 0) is 13.6 Å². The Hall–Kier alpha value is -2.48. The summed E-state index contributed by atoms with van der Waals surface area (Å²) in [4.78, 5) is 34.0. The van der Waals surface area contributed by atoms with Gasteiger partial charge in [-0.15, -0.1) is 0 Å². The molecule has 2 aromatic rings. The van der Waals surface area contributed by atoms with Crippen LogP contribution in [0.5, 0.6) is 0 Å². The summed E-state index contributed by atoms with van der Waals surface area (Å²) in [6, 6.07) is 2.75. The number of nitrogens with zero attached hydrogens (tertiary/aromatic N) is 4. The lowest BCUT2D eigenvalue weighted by atomic mass is 10.1. The number of likely N-dealkylation sites (tertiary alicyclic amines) is 1. The molecule has 2 aromatic heterocycles. The van der Waals surface area contributed by atoms with E-state index < -0.39 is 6.17 Å². The average molecular weight is 347 g/mol.